The summed E-state index contributed by atoms with van der Waals surface area (Å²) < 4.78 is 4.18. The minimum Gasteiger partial charge on any atom is -0.357 e. The van der Waals surface area contributed by atoms with Gasteiger partial charge in [-0.25, -0.2) is 9.78 Å². The molecule has 0 spiro atoms. The number of hydrogen-bond acceptors (Lipinski definition) is 4. The molecule has 0 atom stereocenters. The molecule has 4 aromatic rings. The van der Waals surface area contributed by atoms with E-state index in [2.05, 4.69) is 9.97 Å². The molecule has 0 saturated carbocycles. The van der Waals surface area contributed by atoms with E-state index in [0.29, 0.717) is 27.7 Å². The van der Waals surface area contributed by atoms with Crippen molar-refractivity contribution in [2.45, 2.75) is 13.1 Å². The van der Waals surface area contributed by atoms with Crippen molar-refractivity contribution in [3.8, 4) is 0 Å². The maximum Gasteiger partial charge on any atom is 0.332 e. The summed E-state index contributed by atoms with van der Waals surface area (Å²) in [6.45, 7) is 0.287. The molecule has 9 heteroatoms. The lowest BCUT2D eigenvalue weighted by molar-refractivity contribution is 0.648. The number of rotatable bonds is 3. The summed E-state index contributed by atoms with van der Waals surface area (Å²) in [6.07, 6.45) is 0. The smallest absolute Gasteiger partial charge is 0.332 e. The number of fused-ring (bicyclic) bond motifs is 2. The summed E-state index contributed by atoms with van der Waals surface area (Å²) in [6, 6.07) is 7.38. The number of aromatic nitrogens is 5. The third-order valence-electron chi connectivity index (χ3n) is 4.63. The van der Waals surface area contributed by atoms with Crippen molar-refractivity contribution in [1.29, 1.82) is 0 Å². The molecule has 0 bridgehead atoms. The van der Waals surface area contributed by atoms with Gasteiger partial charge in [0.25, 0.3) is 5.56 Å². The molecule has 134 valence electrons. The van der Waals surface area contributed by atoms with Crippen LogP contribution in [0.15, 0.2) is 33.9 Å². The van der Waals surface area contributed by atoms with Gasteiger partial charge in [-0.3, -0.25) is 13.9 Å². The molecule has 0 aliphatic rings. The molecule has 0 amide bonds. The lowest BCUT2D eigenvalue weighted by Gasteiger charge is -2.07. The Morgan fingerprint density at radius 1 is 1.23 bits per heavy atom. The summed E-state index contributed by atoms with van der Waals surface area (Å²) >= 11 is 6.20. The van der Waals surface area contributed by atoms with E-state index in [1.807, 2.05) is 18.2 Å². The van der Waals surface area contributed by atoms with Gasteiger partial charge in [0.1, 0.15) is 5.82 Å². The van der Waals surface area contributed by atoms with Gasteiger partial charge in [-0.1, -0.05) is 17.7 Å². The molecule has 0 unspecified atom stereocenters. The van der Waals surface area contributed by atoms with Gasteiger partial charge in [0.2, 0.25) is 0 Å². The van der Waals surface area contributed by atoms with Crippen LogP contribution in [0.4, 0.5) is 0 Å². The van der Waals surface area contributed by atoms with Crippen LogP contribution in [-0.2, 0) is 27.2 Å². The number of aromatic amines is 1. The number of H-pyrrole nitrogens is 1. The van der Waals surface area contributed by atoms with E-state index in [1.165, 1.54) is 9.13 Å². The van der Waals surface area contributed by atoms with Crippen molar-refractivity contribution in [3.63, 3.8) is 0 Å². The zero-order valence-corrected chi connectivity index (χ0v) is 15.0. The first-order valence-corrected chi connectivity index (χ1v) is 8.41. The number of nitrogens with zero attached hydrogens (tertiary/aromatic N) is 4. The average molecular weight is 373 g/mol. The van der Waals surface area contributed by atoms with Crippen LogP contribution in [0.3, 0.4) is 0 Å². The van der Waals surface area contributed by atoms with Crippen molar-refractivity contribution in [1.82, 2.24) is 23.7 Å². The van der Waals surface area contributed by atoms with Gasteiger partial charge in [0.05, 0.1) is 13.1 Å². The minimum absolute atomic E-state index is 0.107. The Bertz CT molecular complexity index is 1280. The molecule has 26 heavy (non-hydrogen) atoms. The van der Waals surface area contributed by atoms with Gasteiger partial charge >= 0.3 is 5.69 Å². The van der Waals surface area contributed by atoms with E-state index in [4.69, 9.17) is 17.3 Å². The molecular weight excluding hydrogens is 356 g/mol. The van der Waals surface area contributed by atoms with E-state index in [9.17, 15) is 9.59 Å². The highest BCUT2D eigenvalue weighted by Gasteiger charge is 2.18. The third-order valence-corrected chi connectivity index (χ3v) is 4.96. The number of hydrogen-bond donors (Lipinski definition) is 2. The highest BCUT2D eigenvalue weighted by Crippen LogP contribution is 2.24. The Kier molecular flexibility index (Phi) is 3.74. The second kappa shape index (κ2) is 5.86. The Hall–Kier alpha value is -2.84. The quantitative estimate of drug-likeness (QED) is 0.561. The first-order valence-electron chi connectivity index (χ1n) is 8.03. The maximum absolute atomic E-state index is 12.9. The third kappa shape index (κ3) is 2.30. The number of aryl methyl sites for hydroxylation is 2. The first kappa shape index (κ1) is 16.6. The summed E-state index contributed by atoms with van der Waals surface area (Å²) in [7, 11) is 3.31. The number of imidazole rings is 1. The standard InChI is InChI=1S/C17H17ClN6O2/c1-22-13(7-19)21-15-14(22)16(25)24(17(26)23(15)2)8-9-6-10-11(18)4-3-5-12(10)20-9/h3-6,20H,7-8,19H2,1-2H3. The monoisotopic (exact) mass is 372 g/mol. The van der Waals surface area contributed by atoms with E-state index in [1.54, 1.807) is 24.7 Å². The van der Waals surface area contributed by atoms with Crippen LogP contribution < -0.4 is 17.0 Å². The zero-order chi connectivity index (χ0) is 18.6. The molecule has 0 aliphatic carbocycles. The van der Waals surface area contributed by atoms with Crippen molar-refractivity contribution >= 4 is 33.7 Å². The van der Waals surface area contributed by atoms with Crippen LogP contribution in [0, 0.1) is 0 Å². The maximum atomic E-state index is 12.9. The molecule has 0 fully saturated rings. The molecule has 3 aromatic heterocycles. The Morgan fingerprint density at radius 3 is 2.69 bits per heavy atom. The van der Waals surface area contributed by atoms with E-state index >= 15 is 0 Å². The van der Waals surface area contributed by atoms with Crippen LogP contribution in [0.25, 0.3) is 22.1 Å². The minimum atomic E-state index is -0.436. The predicted molar refractivity (Wildman–Crippen MR) is 101 cm³/mol. The predicted octanol–water partition coefficient (Wildman–Crippen LogP) is 1.08. The summed E-state index contributed by atoms with van der Waals surface area (Å²) in [4.78, 5) is 33.2. The topological polar surface area (TPSA) is 104 Å². The average Bonchev–Trinajstić information content (AvgIpc) is 3.18. The Balaban J connectivity index is 1.93. The fraction of sp³-hybridized carbons (Fsp3) is 0.235. The van der Waals surface area contributed by atoms with Gasteiger partial charge in [-0.05, 0) is 18.2 Å². The van der Waals surface area contributed by atoms with Gasteiger partial charge in [-0.2, -0.15) is 0 Å². The molecule has 4 rings (SSSR count). The van der Waals surface area contributed by atoms with E-state index in [-0.39, 0.29) is 13.1 Å². The van der Waals surface area contributed by atoms with Crippen LogP contribution >= 0.6 is 11.6 Å². The van der Waals surface area contributed by atoms with Crippen molar-refractivity contribution in [3.05, 3.63) is 61.6 Å². The molecule has 3 heterocycles. The largest absolute Gasteiger partial charge is 0.357 e. The molecule has 0 saturated heterocycles. The highest BCUT2D eigenvalue weighted by molar-refractivity contribution is 6.35. The summed E-state index contributed by atoms with van der Waals surface area (Å²) in [5.41, 5.74) is 7.09. The Morgan fingerprint density at radius 2 is 2.00 bits per heavy atom. The van der Waals surface area contributed by atoms with Gasteiger partial charge in [0.15, 0.2) is 11.2 Å². The number of nitrogens with one attached hydrogen (secondary N) is 1. The van der Waals surface area contributed by atoms with Gasteiger partial charge in [-0.15, -0.1) is 0 Å². The van der Waals surface area contributed by atoms with E-state index < -0.39 is 11.2 Å². The van der Waals surface area contributed by atoms with Gasteiger partial charge < -0.3 is 15.3 Å². The zero-order valence-electron chi connectivity index (χ0n) is 14.3. The van der Waals surface area contributed by atoms with Crippen LogP contribution in [-0.4, -0.2) is 23.7 Å². The second-order valence-electron chi connectivity index (χ2n) is 6.19. The fourth-order valence-electron chi connectivity index (χ4n) is 3.24. The van der Waals surface area contributed by atoms with Crippen molar-refractivity contribution in [2.24, 2.45) is 19.8 Å². The van der Waals surface area contributed by atoms with Crippen molar-refractivity contribution < 1.29 is 0 Å². The number of nitrogens with two attached hydrogens (primary N) is 1. The molecule has 1 aromatic carbocycles. The number of benzene rings is 1. The SMILES string of the molecule is Cn1c(CN)nc2c1c(=O)n(Cc1cc3c(Cl)cccc3[nH]1)c(=O)n2C. The molecule has 0 aliphatic heterocycles. The molecule has 8 nitrogen and oxygen atoms in total. The highest BCUT2D eigenvalue weighted by atomic mass is 35.5. The lowest BCUT2D eigenvalue weighted by atomic mass is 10.2. The lowest BCUT2D eigenvalue weighted by Crippen LogP contribution is -2.39. The van der Waals surface area contributed by atoms with Crippen LogP contribution in [0.1, 0.15) is 11.5 Å². The van der Waals surface area contributed by atoms with Gasteiger partial charge in [0, 0.05) is 35.7 Å². The van der Waals surface area contributed by atoms with Crippen molar-refractivity contribution in [2.75, 3.05) is 0 Å². The Labute approximate surface area is 152 Å². The number of halogens is 1. The summed E-state index contributed by atoms with van der Waals surface area (Å²) in [5, 5.41) is 1.46. The fourth-order valence-corrected chi connectivity index (χ4v) is 3.47. The summed E-state index contributed by atoms with van der Waals surface area (Å²) in [5.74, 6) is 0.544. The first-order chi connectivity index (χ1) is 12.4. The van der Waals surface area contributed by atoms with Crippen LogP contribution in [0.5, 0.6) is 0 Å². The van der Waals surface area contributed by atoms with Crippen LogP contribution in [0.2, 0.25) is 5.02 Å². The molecule has 0 radical (unpaired) electrons. The second-order valence-corrected chi connectivity index (χ2v) is 6.60. The molecular formula is C17H17ClN6O2. The van der Waals surface area contributed by atoms with E-state index in [0.717, 1.165) is 10.9 Å². The molecule has 3 N–H and O–H groups in total. The normalized spacial score (nSPS) is 11.7.